The van der Waals surface area contributed by atoms with Crippen LogP contribution in [0.15, 0.2) is 17.4 Å². The Kier molecular flexibility index (Phi) is 7.74. The van der Waals surface area contributed by atoms with Crippen molar-refractivity contribution in [1.82, 2.24) is 44.9 Å². The number of ether oxygens (including phenoxy) is 2. The van der Waals surface area contributed by atoms with Gasteiger partial charge in [-0.1, -0.05) is 0 Å². The van der Waals surface area contributed by atoms with E-state index in [1.807, 2.05) is 0 Å². The summed E-state index contributed by atoms with van der Waals surface area (Å²) in [6.45, 7) is -1.26. The molecule has 0 aliphatic carbocycles. The first kappa shape index (κ1) is 30.4. The van der Waals surface area contributed by atoms with Crippen LogP contribution >= 0.6 is 38.8 Å². The molecule has 7 heterocycles. The van der Waals surface area contributed by atoms with Gasteiger partial charge in [0.15, 0.2) is 0 Å². The predicted molar refractivity (Wildman–Crippen MR) is 154 cm³/mol. The minimum atomic E-state index is -4.57. The van der Waals surface area contributed by atoms with E-state index < -0.39 is 82.2 Å². The second-order valence-corrected chi connectivity index (χ2v) is 16.6. The van der Waals surface area contributed by atoms with Crippen LogP contribution in [0.4, 0.5) is 14.6 Å². The van der Waals surface area contributed by atoms with Gasteiger partial charge in [0.1, 0.15) is 0 Å². The van der Waals surface area contributed by atoms with E-state index in [-0.39, 0.29) is 34.0 Å². The number of hydrogen-bond acceptors (Lipinski definition) is 18. The number of nitrogens with two attached hydrogens (primary N) is 1. The van der Waals surface area contributed by atoms with Gasteiger partial charge in [0, 0.05) is 0 Å². The number of fused-ring (bicyclic) bond motifs is 5. The first-order valence-corrected chi connectivity index (χ1v) is 18.9. The third-order valence-corrected chi connectivity index (χ3v) is 10.8. The minimum absolute atomic E-state index is 0.0182. The van der Waals surface area contributed by atoms with Crippen molar-refractivity contribution < 1.29 is 46.1 Å². The van der Waals surface area contributed by atoms with Crippen molar-refractivity contribution >= 4 is 66.9 Å². The van der Waals surface area contributed by atoms with Crippen molar-refractivity contribution in [1.29, 1.82) is 0 Å². The molecule has 4 aromatic heterocycles. The van der Waals surface area contributed by atoms with Crippen molar-refractivity contribution in [2.75, 3.05) is 18.9 Å². The first-order valence-electron chi connectivity index (χ1n) is 12.8. The average Bonchev–Trinajstić information content (AvgIpc) is 3.74. The number of imidazole rings is 1. The Balaban J connectivity index is 1.19. The number of nitrogens with zero attached hydrogens (tertiary/aromatic N) is 7. The second-order valence-electron chi connectivity index (χ2n) is 9.98. The fourth-order valence-electron chi connectivity index (χ4n) is 5.16. The maximum atomic E-state index is 16.0. The van der Waals surface area contributed by atoms with Gasteiger partial charge in [0.25, 0.3) is 0 Å². The number of nitrogen functional groups attached to an aromatic ring is 1. The molecule has 2 bridgehead atoms. The van der Waals surface area contributed by atoms with Crippen LogP contribution in [0.2, 0.25) is 0 Å². The zero-order valence-electron chi connectivity index (χ0n) is 21.8. The molecule has 4 aromatic rings. The van der Waals surface area contributed by atoms with Gasteiger partial charge in [-0.3, -0.25) is 0 Å². The number of anilines is 1. The Bertz CT molecular complexity index is 1770. The van der Waals surface area contributed by atoms with Crippen LogP contribution < -0.4 is 11.3 Å². The number of aromatic nitrogens is 9. The normalized spacial score (nSPS) is 35.4. The monoisotopic (exact) mass is 700 g/mol. The summed E-state index contributed by atoms with van der Waals surface area (Å²) in [5.74, 6) is -0.136. The van der Waals surface area contributed by atoms with Gasteiger partial charge < -0.3 is 0 Å². The molecule has 3 fully saturated rings. The second kappa shape index (κ2) is 11.2. The van der Waals surface area contributed by atoms with Crippen molar-refractivity contribution in [3.05, 3.63) is 28.8 Å². The molecule has 0 unspecified atom stereocenters. The van der Waals surface area contributed by atoms with Crippen LogP contribution in [0.3, 0.4) is 0 Å². The number of alkyl halides is 2. The van der Waals surface area contributed by atoms with Gasteiger partial charge in [-0.2, -0.15) is 0 Å². The van der Waals surface area contributed by atoms with Gasteiger partial charge in [-0.05, 0) is 0 Å². The Morgan fingerprint density at radius 2 is 1.73 bits per heavy atom. The summed E-state index contributed by atoms with van der Waals surface area (Å²) in [7, 11) is -9.11. The summed E-state index contributed by atoms with van der Waals surface area (Å²) in [6.07, 6.45) is -10.4. The number of rotatable bonds is 2. The summed E-state index contributed by atoms with van der Waals surface area (Å²) in [5, 5.41) is 9.57. The summed E-state index contributed by atoms with van der Waals surface area (Å²) < 4.78 is 66.9. The van der Waals surface area contributed by atoms with E-state index in [9.17, 15) is 14.6 Å². The molecule has 3 saturated heterocycles. The first-order chi connectivity index (χ1) is 20.9. The van der Waals surface area contributed by atoms with Crippen molar-refractivity contribution in [3.8, 4) is 0 Å². The number of nitrogens with one attached hydrogen (secondary N) is 2. The molecule has 240 valence electrons. The van der Waals surface area contributed by atoms with Crippen LogP contribution in [0, 0.1) is 0 Å². The van der Waals surface area contributed by atoms with Crippen LogP contribution in [0.25, 0.3) is 22.3 Å². The third-order valence-electron chi connectivity index (χ3n) is 7.16. The number of aromatic amines is 2. The van der Waals surface area contributed by atoms with Crippen LogP contribution in [-0.4, -0.2) is 105 Å². The predicted octanol–water partition coefficient (Wildman–Crippen LogP) is -0.0420. The number of hydrogen-bond donors (Lipinski definition) is 7. The Labute approximate surface area is 254 Å². The van der Waals surface area contributed by atoms with Gasteiger partial charge in [0.2, 0.25) is 0 Å². The molecule has 44 heavy (non-hydrogen) atoms. The fraction of sp³-hybridized carbons (Fsp3) is 0.526. The van der Waals surface area contributed by atoms with Crippen molar-refractivity contribution in [2.24, 2.45) is 0 Å². The summed E-state index contributed by atoms with van der Waals surface area (Å²) >= 11 is 8.20. The molecule has 7 rings (SSSR count). The molecule has 0 aromatic carbocycles. The van der Waals surface area contributed by atoms with E-state index in [4.69, 9.17) is 33.3 Å². The Morgan fingerprint density at radius 1 is 1.00 bits per heavy atom. The molecule has 25 heteroatoms. The standard InChI is InChI=1S/C19H24F2N10O9P2S2/c20-7-5-1-35-41(33,43)39-11-6(38-19(8(11)21)31-4-25-9-14(22)23-3-24-17(9)31)2-36-42(34,44)40-12(7)13(37-5)16-26-15-10(18(32)27-16)28-30-29-15/h3-8,11-13,19,33-34,41-44H,1-2H2,(H2,22,23,24)(H2,26,27,28,29,30,32)/t5-,6-,7-,8+,11-,12-,13+,19-/m1/s1. The zero-order chi connectivity index (χ0) is 31.0. The van der Waals surface area contributed by atoms with Crippen molar-refractivity contribution in [2.45, 2.75) is 49.1 Å². The molecular weight excluding hydrogens is 676 g/mol. The van der Waals surface area contributed by atoms with E-state index >= 15 is 8.78 Å². The molecule has 0 amide bonds. The van der Waals surface area contributed by atoms with Crippen LogP contribution in [-0.2, 0) is 27.6 Å². The molecule has 3 aliphatic heterocycles. The molecule has 19 nitrogen and oxygen atoms in total. The quantitative estimate of drug-likeness (QED) is 0.107. The topological polar surface area (TPSA) is 253 Å². The molecule has 8 atom stereocenters. The summed E-state index contributed by atoms with van der Waals surface area (Å²) in [4.78, 5) is 53.1. The fourth-order valence-corrected chi connectivity index (χ4v) is 8.48. The van der Waals surface area contributed by atoms with E-state index in [0.29, 0.717) is 0 Å². The van der Waals surface area contributed by atoms with Gasteiger partial charge in [-0.15, -0.1) is 0 Å². The van der Waals surface area contributed by atoms with Gasteiger partial charge >= 0.3 is 255 Å². The maximum absolute atomic E-state index is 16.0. The van der Waals surface area contributed by atoms with Crippen LogP contribution in [0.5, 0.6) is 0 Å². The summed E-state index contributed by atoms with van der Waals surface area (Å²) in [6, 6.07) is 0. The van der Waals surface area contributed by atoms with Gasteiger partial charge in [-0.25, -0.2) is 0 Å². The molecule has 0 saturated carbocycles. The molecular formula is C19H24F2N10O9P2S2. The molecule has 6 N–H and O–H groups in total. The van der Waals surface area contributed by atoms with Crippen LogP contribution in [0.1, 0.15) is 18.2 Å². The van der Waals surface area contributed by atoms with Crippen molar-refractivity contribution in [3.63, 3.8) is 0 Å². The summed E-state index contributed by atoms with van der Waals surface area (Å²) in [5.41, 5.74) is 5.37. The van der Waals surface area contributed by atoms with E-state index in [1.165, 1.54) is 17.2 Å². The SMILES string of the molecule is Nc1ncnc2c1ncn2[C@@H]1O[C@@H]2CO[PH](O)(S)O[C@@H]3[C@H](F)[C@@H](CO[PH](O)(S)O[C@H]2[C@@H]1F)O[C@@H]3c1nc2[nH]nnc2c(=O)[nH]1. The zero-order valence-corrected chi connectivity index (χ0v) is 25.6. The molecule has 0 radical (unpaired) electrons. The van der Waals surface area contributed by atoms with E-state index in [0.717, 1.165) is 0 Å². The Morgan fingerprint density at radius 3 is 2.50 bits per heavy atom. The third kappa shape index (κ3) is 5.43. The average molecular weight is 701 g/mol. The number of H-pyrrole nitrogens is 2. The number of halogens is 2. The van der Waals surface area contributed by atoms with E-state index in [2.05, 4.69) is 64.8 Å². The molecule has 3 aliphatic rings. The van der Waals surface area contributed by atoms with E-state index in [1.54, 1.807) is 0 Å². The number of thiol groups is 2. The molecule has 0 spiro atoms. The van der Waals surface area contributed by atoms with Gasteiger partial charge in [0.05, 0.1) is 0 Å². The Hall–Kier alpha value is -2.27.